The van der Waals surface area contributed by atoms with E-state index in [1.54, 1.807) is 0 Å². The summed E-state index contributed by atoms with van der Waals surface area (Å²) in [6.07, 6.45) is 5.54. The molecule has 0 aromatic carbocycles. The van der Waals surface area contributed by atoms with Crippen molar-refractivity contribution >= 4 is 41.2 Å². The molecule has 1 radical (unpaired) electrons. The Bertz CT molecular complexity index is 116. The first-order valence-electron chi connectivity index (χ1n) is 2.54. The molecule has 0 rings (SSSR count). The minimum Gasteiger partial charge on any atom is -0.270 e. The maximum atomic E-state index is 10.8. The fourth-order valence-corrected chi connectivity index (χ4v) is 3.08. The van der Waals surface area contributed by atoms with Crippen molar-refractivity contribution in [3.8, 4) is 0 Å². The van der Waals surface area contributed by atoms with E-state index in [1.165, 1.54) is 35.3 Å². The largest absolute Gasteiger partial charge is 0.275 e. The summed E-state index contributed by atoms with van der Waals surface area (Å²) in [5.41, 5.74) is 6.98. The molecule has 0 bridgehead atoms. The first-order valence-corrected chi connectivity index (χ1v) is 6.22. The van der Waals surface area contributed by atoms with E-state index in [0.717, 1.165) is 0 Å². The predicted molar refractivity (Wildman–Crippen MR) is 51.4 cm³/mol. The minimum absolute atomic E-state index is 0.514. The topological polar surface area (TPSA) is 40.9 Å². The number of rotatable bonds is 4. The fourth-order valence-electron chi connectivity index (χ4n) is 0.528. The van der Waals surface area contributed by atoms with Crippen molar-refractivity contribution in [3.63, 3.8) is 0 Å². The van der Waals surface area contributed by atoms with Gasteiger partial charge in [-0.05, 0) is 18.8 Å². The van der Waals surface area contributed by atoms with Gasteiger partial charge in [0, 0.05) is 0 Å². The first-order chi connectivity index (χ1) is 4.63. The maximum Gasteiger partial charge on any atom is 0.275 e. The van der Waals surface area contributed by atoms with E-state index in [2.05, 4.69) is 0 Å². The lowest BCUT2D eigenvalue weighted by Gasteiger charge is -2.22. The van der Waals surface area contributed by atoms with Crippen molar-refractivity contribution in [2.24, 2.45) is 0 Å². The molecule has 0 saturated carbocycles. The Labute approximate surface area is 74.1 Å². The van der Waals surface area contributed by atoms with E-state index in [4.69, 9.17) is 5.73 Å². The third kappa shape index (κ3) is 2.00. The molecule has 0 heterocycles. The Morgan fingerprint density at radius 1 is 1.20 bits per heavy atom. The van der Waals surface area contributed by atoms with Gasteiger partial charge in [0.2, 0.25) is 0 Å². The Morgan fingerprint density at radius 3 is 1.50 bits per heavy atom. The Hall–Kier alpha value is 0.520. The van der Waals surface area contributed by atoms with Crippen LogP contribution in [0, 0.1) is 0 Å². The molecule has 1 N–H and O–H groups in total. The fraction of sp³-hybridized carbons (Fsp3) is 0.800. The van der Waals surface area contributed by atoms with Crippen LogP contribution in [0.25, 0.3) is 0 Å². The summed E-state index contributed by atoms with van der Waals surface area (Å²) in [5.74, 6) is -0.514. The molecule has 10 heavy (non-hydrogen) atoms. The van der Waals surface area contributed by atoms with Crippen LogP contribution >= 0.6 is 35.3 Å². The van der Waals surface area contributed by atoms with Crippen LogP contribution in [0.4, 0.5) is 0 Å². The number of hydrogen-bond acceptors (Lipinski definition) is 4. The van der Waals surface area contributed by atoms with Crippen molar-refractivity contribution < 1.29 is 4.79 Å². The van der Waals surface area contributed by atoms with Gasteiger partial charge in [0.15, 0.2) is 3.41 Å². The van der Waals surface area contributed by atoms with Gasteiger partial charge >= 0.3 is 0 Å². The molecule has 0 aromatic heterocycles. The molecule has 0 atom stereocenters. The average Bonchev–Trinajstić information content (AvgIpc) is 1.92. The Morgan fingerprint density at radius 2 is 1.50 bits per heavy atom. The summed E-state index contributed by atoms with van der Waals surface area (Å²) in [6, 6.07) is 0. The molecule has 1 amide bonds. The van der Waals surface area contributed by atoms with Crippen molar-refractivity contribution in [1.29, 1.82) is 0 Å². The van der Waals surface area contributed by atoms with Gasteiger partial charge in [-0.15, -0.1) is 35.3 Å². The lowest BCUT2D eigenvalue weighted by atomic mass is 10.7. The maximum absolute atomic E-state index is 10.8. The van der Waals surface area contributed by atoms with Gasteiger partial charge in [-0.25, -0.2) is 0 Å². The molecule has 0 aliphatic heterocycles. The molecule has 0 aliphatic rings. The SMILES string of the molecule is CSC(SC)(SC)C([NH])=O. The van der Waals surface area contributed by atoms with Crippen LogP contribution in [0.3, 0.4) is 0 Å². The number of carbonyl (C=O) groups excluding carboxylic acids is 1. The van der Waals surface area contributed by atoms with Gasteiger partial charge in [-0.3, -0.25) is 10.5 Å². The molecule has 0 fully saturated rings. The second kappa shape index (κ2) is 4.41. The van der Waals surface area contributed by atoms with E-state index in [9.17, 15) is 4.79 Å². The van der Waals surface area contributed by atoms with E-state index in [-0.39, 0.29) is 0 Å². The monoisotopic (exact) mass is 196 g/mol. The first kappa shape index (κ1) is 10.5. The van der Waals surface area contributed by atoms with E-state index >= 15 is 0 Å². The highest BCUT2D eigenvalue weighted by Gasteiger charge is 2.34. The quantitative estimate of drug-likeness (QED) is 0.640. The number of amides is 1. The van der Waals surface area contributed by atoms with E-state index in [1.807, 2.05) is 18.8 Å². The van der Waals surface area contributed by atoms with Crippen LogP contribution in [0.15, 0.2) is 0 Å². The van der Waals surface area contributed by atoms with E-state index in [0.29, 0.717) is 0 Å². The van der Waals surface area contributed by atoms with Gasteiger partial charge in [0.1, 0.15) is 0 Å². The Kier molecular flexibility index (Phi) is 4.64. The standard InChI is InChI=1S/C5H10NOS3/c1-8-5(9-2,10-3)4(6)7/h6H,1-3H3. The second-order valence-corrected chi connectivity index (χ2v) is 5.33. The molecule has 5 heteroatoms. The van der Waals surface area contributed by atoms with Crippen molar-refractivity contribution in [1.82, 2.24) is 5.73 Å². The van der Waals surface area contributed by atoms with Gasteiger partial charge in [-0.1, -0.05) is 0 Å². The molecule has 59 valence electrons. The Balaban J connectivity index is 4.31. The molecule has 2 nitrogen and oxygen atoms in total. The molecule has 0 aromatic rings. The van der Waals surface area contributed by atoms with Gasteiger partial charge in [-0.2, -0.15) is 0 Å². The van der Waals surface area contributed by atoms with Gasteiger partial charge < -0.3 is 0 Å². The van der Waals surface area contributed by atoms with E-state index < -0.39 is 9.32 Å². The molecular weight excluding hydrogens is 186 g/mol. The molecular formula is C5H10NOS3. The molecule has 0 spiro atoms. The summed E-state index contributed by atoms with van der Waals surface area (Å²) in [7, 11) is 0. The van der Waals surface area contributed by atoms with Crippen LogP contribution < -0.4 is 5.73 Å². The zero-order valence-electron chi connectivity index (χ0n) is 6.13. The van der Waals surface area contributed by atoms with Crippen molar-refractivity contribution in [3.05, 3.63) is 0 Å². The van der Waals surface area contributed by atoms with Crippen LogP contribution in [0.5, 0.6) is 0 Å². The number of nitrogens with one attached hydrogen (secondary N) is 1. The molecule has 0 aliphatic carbocycles. The second-order valence-electron chi connectivity index (χ2n) is 1.50. The highest BCUT2D eigenvalue weighted by molar-refractivity contribution is 8.34. The number of thioether (sulfide) groups is 3. The minimum atomic E-state index is -0.597. The van der Waals surface area contributed by atoms with Crippen molar-refractivity contribution in [2.75, 3.05) is 18.8 Å². The van der Waals surface area contributed by atoms with Crippen LogP contribution in [-0.4, -0.2) is 28.1 Å². The summed E-state index contributed by atoms with van der Waals surface area (Å²) in [5, 5.41) is 0. The predicted octanol–water partition coefficient (Wildman–Crippen LogP) is 1.54. The zero-order chi connectivity index (χ0) is 8.20. The number of hydrogen-bond donors (Lipinski definition) is 0. The normalized spacial score (nSPS) is 11.5. The third-order valence-corrected chi connectivity index (χ3v) is 6.25. The third-order valence-electron chi connectivity index (χ3n) is 1.08. The lowest BCUT2D eigenvalue weighted by molar-refractivity contribution is -0.117. The summed E-state index contributed by atoms with van der Waals surface area (Å²) in [6.45, 7) is 0. The van der Waals surface area contributed by atoms with Crippen LogP contribution in [-0.2, 0) is 4.79 Å². The zero-order valence-corrected chi connectivity index (χ0v) is 8.58. The molecule has 0 saturated heterocycles. The highest BCUT2D eigenvalue weighted by Crippen LogP contribution is 2.42. The lowest BCUT2D eigenvalue weighted by Crippen LogP contribution is -2.27. The summed E-state index contributed by atoms with van der Waals surface area (Å²) >= 11 is 4.24. The average molecular weight is 196 g/mol. The summed E-state index contributed by atoms with van der Waals surface area (Å²) in [4.78, 5) is 10.8. The van der Waals surface area contributed by atoms with Gasteiger partial charge in [0.05, 0.1) is 0 Å². The van der Waals surface area contributed by atoms with Crippen molar-refractivity contribution in [2.45, 2.75) is 3.41 Å². The summed E-state index contributed by atoms with van der Waals surface area (Å²) < 4.78 is -0.597. The molecule has 0 unspecified atom stereocenters. The highest BCUT2D eigenvalue weighted by atomic mass is 32.3. The van der Waals surface area contributed by atoms with Crippen LogP contribution in [0.1, 0.15) is 0 Å². The smallest absolute Gasteiger partial charge is 0.270 e. The van der Waals surface area contributed by atoms with Gasteiger partial charge in [0.25, 0.3) is 5.91 Å². The number of carbonyl (C=O) groups is 1. The van der Waals surface area contributed by atoms with Crippen LogP contribution in [0.2, 0.25) is 0 Å².